The molecule has 0 saturated heterocycles. The first-order chi connectivity index (χ1) is 6.24. The van der Waals surface area contributed by atoms with Gasteiger partial charge in [0.1, 0.15) is 0 Å². The molecule has 2 rings (SSSR count). The lowest BCUT2D eigenvalue weighted by molar-refractivity contribution is 0.402. The molecule has 5 heteroatoms. The van der Waals surface area contributed by atoms with Crippen molar-refractivity contribution in [3.05, 3.63) is 27.6 Å². The Kier molecular flexibility index (Phi) is 1.81. The van der Waals surface area contributed by atoms with Gasteiger partial charge in [-0.05, 0) is 6.92 Å². The SMILES string of the molecule is COc1c(C)nc2sccn2c1=O. The van der Waals surface area contributed by atoms with Gasteiger partial charge in [0.15, 0.2) is 4.96 Å². The van der Waals surface area contributed by atoms with Crippen LogP contribution in [0.15, 0.2) is 16.4 Å². The first-order valence-electron chi connectivity index (χ1n) is 3.74. The average Bonchev–Trinajstić information content (AvgIpc) is 2.53. The fourth-order valence-electron chi connectivity index (χ4n) is 1.20. The van der Waals surface area contributed by atoms with Crippen LogP contribution in [-0.4, -0.2) is 16.5 Å². The maximum absolute atomic E-state index is 11.6. The van der Waals surface area contributed by atoms with Crippen LogP contribution in [-0.2, 0) is 0 Å². The average molecular weight is 196 g/mol. The van der Waals surface area contributed by atoms with Gasteiger partial charge in [0, 0.05) is 11.6 Å². The van der Waals surface area contributed by atoms with Crippen LogP contribution in [0.25, 0.3) is 4.96 Å². The minimum absolute atomic E-state index is 0.147. The van der Waals surface area contributed by atoms with E-state index in [4.69, 9.17) is 4.74 Å². The molecule has 0 aliphatic heterocycles. The van der Waals surface area contributed by atoms with Gasteiger partial charge in [0.2, 0.25) is 5.75 Å². The number of rotatable bonds is 1. The topological polar surface area (TPSA) is 43.6 Å². The van der Waals surface area contributed by atoms with Crippen LogP contribution in [0.1, 0.15) is 5.69 Å². The molecule has 68 valence electrons. The van der Waals surface area contributed by atoms with Crippen molar-refractivity contribution in [1.82, 2.24) is 9.38 Å². The maximum atomic E-state index is 11.6. The molecule has 0 bridgehead atoms. The molecule has 2 aromatic heterocycles. The van der Waals surface area contributed by atoms with Gasteiger partial charge in [-0.15, -0.1) is 11.3 Å². The molecule has 0 aliphatic rings. The number of hydrogen-bond donors (Lipinski definition) is 0. The van der Waals surface area contributed by atoms with Gasteiger partial charge in [-0.25, -0.2) is 4.98 Å². The number of aryl methyl sites for hydroxylation is 1. The van der Waals surface area contributed by atoms with Gasteiger partial charge in [-0.2, -0.15) is 0 Å². The van der Waals surface area contributed by atoms with Crippen molar-refractivity contribution in [3.8, 4) is 5.75 Å². The van der Waals surface area contributed by atoms with Crippen molar-refractivity contribution < 1.29 is 4.74 Å². The van der Waals surface area contributed by atoms with Crippen LogP contribution < -0.4 is 10.3 Å². The fourth-order valence-corrected chi connectivity index (χ4v) is 1.95. The zero-order valence-electron chi connectivity index (χ0n) is 7.27. The summed E-state index contributed by atoms with van der Waals surface area (Å²) in [5.41, 5.74) is 0.487. The number of thiazole rings is 1. The lowest BCUT2D eigenvalue weighted by atomic mass is 10.4. The molecule has 2 aromatic rings. The quantitative estimate of drug-likeness (QED) is 0.685. The lowest BCUT2D eigenvalue weighted by Gasteiger charge is -2.02. The van der Waals surface area contributed by atoms with E-state index in [1.165, 1.54) is 22.8 Å². The van der Waals surface area contributed by atoms with E-state index >= 15 is 0 Å². The highest BCUT2D eigenvalue weighted by Crippen LogP contribution is 2.13. The molecular formula is C8H8N2O2S. The van der Waals surface area contributed by atoms with Crippen molar-refractivity contribution in [2.75, 3.05) is 7.11 Å². The molecule has 4 nitrogen and oxygen atoms in total. The number of ether oxygens (including phenoxy) is 1. The van der Waals surface area contributed by atoms with E-state index in [9.17, 15) is 4.79 Å². The molecule has 0 aromatic carbocycles. The fraction of sp³-hybridized carbons (Fsp3) is 0.250. The van der Waals surface area contributed by atoms with E-state index in [1.54, 1.807) is 13.1 Å². The summed E-state index contributed by atoms with van der Waals surface area (Å²) in [6.45, 7) is 1.76. The molecule has 0 saturated carbocycles. The van der Waals surface area contributed by atoms with Crippen LogP contribution in [0.5, 0.6) is 5.75 Å². The van der Waals surface area contributed by atoms with E-state index < -0.39 is 0 Å². The standard InChI is InChI=1S/C8H8N2O2S/c1-5-6(12-2)7(11)10-3-4-13-8(10)9-5/h3-4H,1-2H3. The molecule has 0 N–H and O–H groups in total. The van der Waals surface area contributed by atoms with Crippen molar-refractivity contribution in [2.24, 2.45) is 0 Å². The molecule has 0 atom stereocenters. The second-order valence-electron chi connectivity index (χ2n) is 2.59. The van der Waals surface area contributed by atoms with Crippen LogP contribution in [0.3, 0.4) is 0 Å². The Morgan fingerprint density at radius 2 is 2.38 bits per heavy atom. The number of hydrogen-bond acceptors (Lipinski definition) is 4. The third-order valence-corrected chi connectivity index (χ3v) is 2.56. The highest BCUT2D eigenvalue weighted by atomic mass is 32.1. The minimum Gasteiger partial charge on any atom is -0.490 e. The number of aromatic nitrogens is 2. The van der Waals surface area contributed by atoms with E-state index in [0.29, 0.717) is 16.4 Å². The number of nitrogens with zero attached hydrogens (tertiary/aromatic N) is 2. The summed E-state index contributed by atoms with van der Waals surface area (Å²) in [5, 5.41) is 1.82. The Morgan fingerprint density at radius 3 is 3.08 bits per heavy atom. The van der Waals surface area contributed by atoms with Gasteiger partial charge in [0.25, 0.3) is 0 Å². The Labute approximate surface area is 78.4 Å². The number of methoxy groups -OCH3 is 1. The highest BCUT2D eigenvalue weighted by molar-refractivity contribution is 7.15. The summed E-state index contributed by atoms with van der Waals surface area (Å²) in [6.07, 6.45) is 1.69. The molecule has 0 radical (unpaired) electrons. The molecule has 0 spiro atoms. The molecule has 13 heavy (non-hydrogen) atoms. The van der Waals surface area contributed by atoms with Crippen molar-refractivity contribution >= 4 is 16.3 Å². The summed E-state index contributed by atoms with van der Waals surface area (Å²) >= 11 is 1.43. The highest BCUT2D eigenvalue weighted by Gasteiger charge is 2.09. The van der Waals surface area contributed by atoms with Crippen LogP contribution >= 0.6 is 11.3 Å². The van der Waals surface area contributed by atoms with Gasteiger partial charge in [-0.1, -0.05) is 0 Å². The Morgan fingerprint density at radius 1 is 1.62 bits per heavy atom. The zero-order valence-corrected chi connectivity index (χ0v) is 8.09. The first-order valence-corrected chi connectivity index (χ1v) is 4.62. The second-order valence-corrected chi connectivity index (χ2v) is 3.46. The first kappa shape index (κ1) is 8.25. The summed E-state index contributed by atoms with van der Waals surface area (Å²) in [7, 11) is 1.48. The molecule has 2 heterocycles. The molecule has 0 aliphatic carbocycles. The Hall–Kier alpha value is -1.36. The summed E-state index contributed by atoms with van der Waals surface area (Å²) in [6, 6.07) is 0. The van der Waals surface area contributed by atoms with E-state index in [0.717, 1.165) is 0 Å². The van der Waals surface area contributed by atoms with Crippen LogP contribution in [0.2, 0.25) is 0 Å². The van der Waals surface area contributed by atoms with Gasteiger partial charge >= 0.3 is 5.56 Å². The van der Waals surface area contributed by atoms with E-state index in [2.05, 4.69) is 4.98 Å². The summed E-state index contributed by atoms with van der Waals surface area (Å²) in [5.74, 6) is 0.316. The molecular weight excluding hydrogens is 188 g/mol. The molecule has 0 fully saturated rings. The molecule has 0 amide bonds. The third-order valence-electron chi connectivity index (χ3n) is 1.80. The van der Waals surface area contributed by atoms with Gasteiger partial charge in [0.05, 0.1) is 12.8 Å². The van der Waals surface area contributed by atoms with E-state index in [1.807, 2.05) is 5.38 Å². The van der Waals surface area contributed by atoms with E-state index in [-0.39, 0.29) is 5.56 Å². The summed E-state index contributed by atoms with van der Waals surface area (Å²) in [4.78, 5) is 16.6. The normalized spacial score (nSPS) is 10.6. The summed E-state index contributed by atoms with van der Waals surface area (Å²) < 4.78 is 6.44. The van der Waals surface area contributed by atoms with Gasteiger partial charge < -0.3 is 4.74 Å². The second kappa shape index (κ2) is 2.85. The largest absolute Gasteiger partial charge is 0.490 e. The van der Waals surface area contributed by atoms with Crippen molar-refractivity contribution in [2.45, 2.75) is 6.92 Å². The minimum atomic E-state index is -0.147. The maximum Gasteiger partial charge on any atom is 0.301 e. The molecule has 0 unspecified atom stereocenters. The smallest absolute Gasteiger partial charge is 0.301 e. The Balaban J connectivity index is 2.93. The monoisotopic (exact) mass is 196 g/mol. The van der Waals surface area contributed by atoms with Gasteiger partial charge in [-0.3, -0.25) is 9.20 Å². The predicted octanol–water partition coefficient (Wildman–Crippen LogP) is 1.07. The number of fused-ring (bicyclic) bond motifs is 1. The third kappa shape index (κ3) is 1.12. The van der Waals surface area contributed by atoms with Crippen molar-refractivity contribution in [3.63, 3.8) is 0 Å². The van der Waals surface area contributed by atoms with Crippen LogP contribution in [0, 0.1) is 6.92 Å². The predicted molar refractivity (Wildman–Crippen MR) is 50.6 cm³/mol. The Bertz CT molecular complexity index is 500. The zero-order chi connectivity index (χ0) is 9.42. The lowest BCUT2D eigenvalue weighted by Crippen LogP contribution is -2.16. The van der Waals surface area contributed by atoms with Crippen LogP contribution in [0.4, 0.5) is 0 Å². The van der Waals surface area contributed by atoms with Crippen molar-refractivity contribution in [1.29, 1.82) is 0 Å².